The van der Waals surface area contributed by atoms with E-state index in [9.17, 15) is 5.11 Å². The molecule has 5 aliphatic rings. The van der Waals surface area contributed by atoms with Gasteiger partial charge in [0.05, 0.1) is 6.10 Å². The molecule has 0 bridgehead atoms. The van der Waals surface area contributed by atoms with Gasteiger partial charge in [0.15, 0.2) is 6.29 Å². The molecule has 1 N–H and O–H groups in total. The molecule has 3 nitrogen and oxygen atoms in total. The van der Waals surface area contributed by atoms with E-state index in [-0.39, 0.29) is 6.29 Å². The predicted molar refractivity (Wildman–Crippen MR) is 111 cm³/mol. The highest BCUT2D eigenvalue weighted by molar-refractivity contribution is 5.09. The highest BCUT2D eigenvalue weighted by atomic mass is 16.7. The lowest BCUT2D eigenvalue weighted by Crippen LogP contribution is -2.54. The van der Waals surface area contributed by atoms with Gasteiger partial charge in [-0.25, -0.2) is 0 Å². The molecule has 0 unspecified atom stereocenters. The molecule has 1 saturated heterocycles. The minimum absolute atomic E-state index is 0.0729. The average molecular weight is 391 g/mol. The van der Waals surface area contributed by atoms with Crippen molar-refractivity contribution < 1.29 is 14.6 Å². The van der Waals surface area contributed by atoms with E-state index in [4.69, 9.17) is 9.47 Å². The summed E-state index contributed by atoms with van der Waals surface area (Å²) in [7, 11) is 0. The largest absolute Gasteiger partial charge is 0.396 e. The second-order valence-electron chi connectivity index (χ2n) is 11.5. The number of fused-ring (bicyclic) bond motifs is 5. The molecule has 28 heavy (non-hydrogen) atoms. The topological polar surface area (TPSA) is 38.7 Å². The monoisotopic (exact) mass is 390 g/mol. The lowest BCUT2D eigenvalue weighted by atomic mass is 9.44. The van der Waals surface area contributed by atoms with Gasteiger partial charge in [0.1, 0.15) is 0 Å². The maximum Gasteiger partial charge on any atom is 0.157 e. The van der Waals surface area contributed by atoms with Crippen LogP contribution in [0.2, 0.25) is 0 Å². The molecule has 3 heteroatoms. The van der Waals surface area contributed by atoms with Gasteiger partial charge in [-0.2, -0.15) is 0 Å². The first-order valence-electron chi connectivity index (χ1n) is 12.4. The molecule has 0 radical (unpaired) electrons. The quantitative estimate of drug-likeness (QED) is 0.642. The first-order chi connectivity index (χ1) is 13.5. The average Bonchev–Trinajstić information content (AvgIpc) is 3.05. The zero-order valence-corrected chi connectivity index (χ0v) is 18.2. The fraction of sp³-hybridized carbons (Fsp3) is 1.00. The van der Waals surface area contributed by atoms with E-state index in [2.05, 4.69) is 13.8 Å². The molecule has 160 valence electrons. The van der Waals surface area contributed by atoms with Crippen LogP contribution < -0.4 is 0 Å². The summed E-state index contributed by atoms with van der Waals surface area (Å²) >= 11 is 0. The number of hydrogen-bond donors (Lipinski definition) is 1. The molecule has 1 aliphatic heterocycles. The molecule has 4 saturated carbocycles. The number of rotatable bonds is 3. The van der Waals surface area contributed by atoms with Crippen LogP contribution in [-0.2, 0) is 9.47 Å². The van der Waals surface area contributed by atoms with Crippen LogP contribution in [0.4, 0.5) is 0 Å². The summed E-state index contributed by atoms with van der Waals surface area (Å²) in [5.74, 6) is 4.09. The maximum atomic E-state index is 9.94. The van der Waals surface area contributed by atoms with Gasteiger partial charge in [-0.3, -0.25) is 0 Å². The SMILES string of the molecule is C[C@]12CC[C@@H](O[C@H]3CCCCO3)C[C@@H]1CC[C@@H]1[C@@H]2CC[C@]2(C)[C@@H](CO)CC[C@@H]12. The summed E-state index contributed by atoms with van der Waals surface area (Å²) < 4.78 is 12.3. The Bertz CT molecular complexity index is 558. The van der Waals surface area contributed by atoms with Gasteiger partial charge >= 0.3 is 0 Å². The highest BCUT2D eigenvalue weighted by Crippen LogP contribution is 2.67. The summed E-state index contributed by atoms with van der Waals surface area (Å²) in [4.78, 5) is 0. The van der Waals surface area contributed by atoms with Crippen LogP contribution in [-0.4, -0.2) is 30.7 Å². The van der Waals surface area contributed by atoms with Crippen LogP contribution >= 0.6 is 0 Å². The molecule has 5 fully saturated rings. The second-order valence-corrected chi connectivity index (χ2v) is 11.5. The van der Waals surface area contributed by atoms with Gasteiger partial charge in [-0.05, 0) is 117 Å². The van der Waals surface area contributed by atoms with E-state index >= 15 is 0 Å². The Balaban J connectivity index is 1.27. The number of aliphatic hydroxyl groups is 1. The van der Waals surface area contributed by atoms with E-state index in [1.165, 1.54) is 70.6 Å². The molecule has 1 heterocycles. The Labute approximate surface area is 171 Å². The third-order valence-corrected chi connectivity index (χ3v) is 10.5. The zero-order valence-electron chi connectivity index (χ0n) is 18.2. The standard InChI is InChI=1S/C25H42O3/c1-24-12-10-19(28-23-5-3-4-14-27-23)15-17(24)6-8-20-21-9-7-18(16-26)25(21,2)13-11-22(20)24/h17-23,26H,3-16H2,1-2H3/t17-,18+,19+,20-,21-,22-,23-,24-,25+/m0/s1. The predicted octanol–water partition coefficient (Wildman–Crippen LogP) is 5.55. The molecule has 5 rings (SSSR count). The summed E-state index contributed by atoms with van der Waals surface area (Å²) in [5, 5.41) is 9.94. The van der Waals surface area contributed by atoms with Gasteiger partial charge in [0.2, 0.25) is 0 Å². The van der Waals surface area contributed by atoms with E-state index in [0.717, 1.165) is 36.7 Å². The van der Waals surface area contributed by atoms with Gasteiger partial charge < -0.3 is 14.6 Å². The van der Waals surface area contributed by atoms with Crippen molar-refractivity contribution in [1.29, 1.82) is 0 Å². The molecular weight excluding hydrogens is 348 g/mol. The molecule has 9 atom stereocenters. The number of ether oxygens (including phenoxy) is 2. The van der Waals surface area contributed by atoms with Crippen LogP contribution in [0.15, 0.2) is 0 Å². The van der Waals surface area contributed by atoms with E-state index < -0.39 is 0 Å². The molecule has 0 aromatic carbocycles. The van der Waals surface area contributed by atoms with Gasteiger partial charge in [-0.1, -0.05) is 13.8 Å². The molecule has 0 aromatic heterocycles. The van der Waals surface area contributed by atoms with Crippen molar-refractivity contribution in [2.45, 2.75) is 103 Å². The van der Waals surface area contributed by atoms with Crippen LogP contribution in [0.1, 0.15) is 90.9 Å². The molecular formula is C25H42O3. The minimum Gasteiger partial charge on any atom is -0.396 e. The first-order valence-corrected chi connectivity index (χ1v) is 12.4. The van der Waals surface area contributed by atoms with Crippen LogP contribution in [0.3, 0.4) is 0 Å². The summed E-state index contributed by atoms with van der Waals surface area (Å²) in [6.07, 6.45) is 16.1. The Morgan fingerprint density at radius 1 is 0.893 bits per heavy atom. The van der Waals surface area contributed by atoms with Crippen LogP contribution in [0.5, 0.6) is 0 Å². The van der Waals surface area contributed by atoms with Crippen molar-refractivity contribution in [1.82, 2.24) is 0 Å². The molecule has 0 aromatic rings. The fourth-order valence-corrected chi connectivity index (χ4v) is 8.78. The van der Waals surface area contributed by atoms with Gasteiger partial charge in [0, 0.05) is 13.2 Å². The summed E-state index contributed by atoms with van der Waals surface area (Å²) in [5.41, 5.74) is 0.937. The van der Waals surface area contributed by atoms with Gasteiger partial charge in [0.25, 0.3) is 0 Å². The highest BCUT2D eigenvalue weighted by Gasteiger charge is 2.60. The lowest BCUT2D eigenvalue weighted by Gasteiger charge is -2.61. The van der Waals surface area contributed by atoms with E-state index in [1.54, 1.807) is 0 Å². The maximum absolute atomic E-state index is 9.94. The van der Waals surface area contributed by atoms with E-state index in [0.29, 0.717) is 29.5 Å². The molecule has 0 amide bonds. The van der Waals surface area contributed by atoms with Crippen molar-refractivity contribution in [3.05, 3.63) is 0 Å². The van der Waals surface area contributed by atoms with Crippen molar-refractivity contribution >= 4 is 0 Å². The lowest BCUT2D eigenvalue weighted by molar-refractivity contribution is -0.212. The number of aliphatic hydroxyl groups excluding tert-OH is 1. The molecule has 0 spiro atoms. The summed E-state index contributed by atoms with van der Waals surface area (Å²) in [6.45, 7) is 6.46. The fourth-order valence-electron chi connectivity index (χ4n) is 8.78. The smallest absolute Gasteiger partial charge is 0.157 e. The van der Waals surface area contributed by atoms with E-state index in [1.807, 2.05) is 0 Å². The van der Waals surface area contributed by atoms with Crippen molar-refractivity contribution in [2.24, 2.45) is 40.4 Å². The Morgan fingerprint density at radius 2 is 1.71 bits per heavy atom. The number of hydrogen-bond acceptors (Lipinski definition) is 3. The zero-order chi connectivity index (χ0) is 19.4. The Kier molecular flexibility index (Phi) is 5.33. The van der Waals surface area contributed by atoms with Crippen LogP contribution in [0.25, 0.3) is 0 Å². The van der Waals surface area contributed by atoms with Gasteiger partial charge in [-0.15, -0.1) is 0 Å². The summed E-state index contributed by atoms with van der Waals surface area (Å²) in [6, 6.07) is 0. The van der Waals surface area contributed by atoms with Crippen molar-refractivity contribution in [2.75, 3.05) is 13.2 Å². The van der Waals surface area contributed by atoms with Crippen molar-refractivity contribution in [3.63, 3.8) is 0 Å². The molecule has 4 aliphatic carbocycles. The normalized spacial score (nSPS) is 53.9. The minimum atomic E-state index is 0.0729. The third-order valence-electron chi connectivity index (χ3n) is 10.5. The Hall–Kier alpha value is -0.120. The Morgan fingerprint density at radius 3 is 2.50 bits per heavy atom. The van der Waals surface area contributed by atoms with Crippen LogP contribution in [0, 0.1) is 40.4 Å². The van der Waals surface area contributed by atoms with Crippen molar-refractivity contribution in [3.8, 4) is 0 Å². The third kappa shape index (κ3) is 3.10. The first kappa shape index (κ1) is 19.8. The second kappa shape index (κ2) is 7.54.